The van der Waals surface area contributed by atoms with Crippen molar-refractivity contribution in [2.45, 2.75) is 31.8 Å². The Morgan fingerprint density at radius 3 is 2.00 bits per heavy atom. The Labute approximate surface area is 155 Å². The topological polar surface area (TPSA) is 52.2 Å². The van der Waals surface area contributed by atoms with Crippen LogP contribution in [0, 0.1) is 0 Å². The standard InChI is InChI=1S/C21H27NO4/c1-22-17-6-8-19(9-7-17)25-16-26-20-12-10-18(11-13-20)23-14-4-2-3-5-21-15-24-21/h6-13,21-22H,2-5,14-16H2,1H3. The van der Waals surface area contributed by atoms with Gasteiger partial charge in [0, 0.05) is 12.7 Å². The molecular weight excluding hydrogens is 330 g/mol. The molecule has 0 spiro atoms. The average molecular weight is 357 g/mol. The number of ether oxygens (including phenoxy) is 4. The predicted octanol–water partition coefficient (Wildman–Crippen LogP) is 4.48. The first-order valence-electron chi connectivity index (χ1n) is 9.21. The van der Waals surface area contributed by atoms with Crippen molar-refractivity contribution in [2.75, 3.05) is 32.4 Å². The molecule has 1 fully saturated rings. The van der Waals surface area contributed by atoms with Gasteiger partial charge < -0.3 is 24.3 Å². The minimum Gasteiger partial charge on any atom is -0.494 e. The van der Waals surface area contributed by atoms with E-state index in [0.29, 0.717) is 6.10 Å². The fraction of sp³-hybridized carbons (Fsp3) is 0.429. The van der Waals surface area contributed by atoms with Gasteiger partial charge in [-0.25, -0.2) is 0 Å². The molecule has 1 saturated heterocycles. The molecule has 26 heavy (non-hydrogen) atoms. The quantitative estimate of drug-likeness (QED) is 0.345. The summed E-state index contributed by atoms with van der Waals surface area (Å²) < 4.78 is 22.1. The Balaban J connectivity index is 1.29. The maximum Gasteiger partial charge on any atom is 0.230 e. The van der Waals surface area contributed by atoms with Crippen LogP contribution in [0.25, 0.3) is 0 Å². The molecule has 0 bridgehead atoms. The molecule has 140 valence electrons. The summed E-state index contributed by atoms with van der Waals surface area (Å²) in [7, 11) is 1.89. The molecule has 1 atom stereocenters. The van der Waals surface area contributed by atoms with E-state index < -0.39 is 0 Å². The van der Waals surface area contributed by atoms with Crippen LogP contribution in [0.2, 0.25) is 0 Å². The number of benzene rings is 2. The second-order valence-corrected chi connectivity index (χ2v) is 6.31. The molecule has 3 rings (SSSR count). The van der Waals surface area contributed by atoms with E-state index in [2.05, 4.69) is 5.32 Å². The maximum atomic E-state index is 5.76. The highest BCUT2D eigenvalue weighted by molar-refractivity contribution is 5.45. The first-order chi connectivity index (χ1) is 12.8. The smallest absolute Gasteiger partial charge is 0.230 e. The largest absolute Gasteiger partial charge is 0.494 e. The first kappa shape index (κ1) is 18.4. The highest BCUT2D eigenvalue weighted by Gasteiger charge is 2.20. The molecule has 2 aromatic carbocycles. The molecule has 1 N–H and O–H groups in total. The summed E-state index contributed by atoms with van der Waals surface area (Å²) >= 11 is 0. The van der Waals surface area contributed by atoms with E-state index in [1.165, 1.54) is 19.3 Å². The summed E-state index contributed by atoms with van der Waals surface area (Å²) in [5.41, 5.74) is 1.05. The fourth-order valence-electron chi connectivity index (χ4n) is 2.59. The normalized spacial score (nSPS) is 15.3. The minimum absolute atomic E-state index is 0.170. The van der Waals surface area contributed by atoms with Crippen LogP contribution in [0.1, 0.15) is 25.7 Å². The molecule has 0 saturated carbocycles. The lowest BCUT2D eigenvalue weighted by Crippen LogP contribution is -2.05. The highest BCUT2D eigenvalue weighted by Crippen LogP contribution is 2.20. The number of anilines is 1. The van der Waals surface area contributed by atoms with Crippen molar-refractivity contribution in [3.8, 4) is 17.2 Å². The summed E-state index contributed by atoms with van der Waals surface area (Å²) in [6, 6.07) is 15.4. The van der Waals surface area contributed by atoms with Crippen molar-refractivity contribution in [3.63, 3.8) is 0 Å². The third kappa shape index (κ3) is 6.48. The summed E-state index contributed by atoms with van der Waals surface area (Å²) in [6.45, 7) is 1.87. The molecular formula is C21H27NO4. The zero-order valence-electron chi connectivity index (χ0n) is 15.3. The van der Waals surface area contributed by atoms with E-state index in [-0.39, 0.29) is 6.79 Å². The van der Waals surface area contributed by atoms with Gasteiger partial charge in [-0.15, -0.1) is 0 Å². The highest BCUT2D eigenvalue weighted by atomic mass is 16.7. The SMILES string of the molecule is CNc1ccc(OCOc2ccc(OCCCCCC3CO3)cc2)cc1. The van der Waals surface area contributed by atoms with Crippen molar-refractivity contribution < 1.29 is 18.9 Å². The van der Waals surface area contributed by atoms with Crippen molar-refractivity contribution in [2.24, 2.45) is 0 Å². The Kier molecular flexibility index (Phi) is 7.02. The molecule has 2 aromatic rings. The van der Waals surface area contributed by atoms with Crippen molar-refractivity contribution in [1.29, 1.82) is 0 Å². The maximum absolute atomic E-state index is 5.76. The summed E-state index contributed by atoms with van der Waals surface area (Å²) in [6.07, 6.45) is 5.21. The lowest BCUT2D eigenvalue weighted by Gasteiger charge is -2.10. The number of unbranched alkanes of at least 4 members (excludes halogenated alkanes) is 2. The number of hydrogen-bond donors (Lipinski definition) is 1. The first-order valence-corrected chi connectivity index (χ1v) is 9.21. The van der Waals surface area contributed by atoms with Crippen molar-refractivity contribution >= 4 is 5.69 Å². The second kappa shape index (κ2) is 9.92. The van der Waals surface area contributed by atoms with Gasteiger partial charge in [-0.05, 0) is 67.8 Å². The summed E-state index contributed by atoms with van der Waals surface area (Å²) in [4.78, 5) is 0. The molecule has 1 unspecified atom stereocenters. The van der Waals surface area contributed by atoms with Gasteiger partial charge in [-0.1, -0.05) is 6.42 Å². The molecule has 0 radical (unpaired) electrons. The molecule has 5 nitrogen and oxygen atoms in total. The van der Waals surface area contributed by atoms with Crippen LogP contribution in [0.3, 0.4) is 0 Å². The Morgan fingerprint density at radius 2 is 1.42 bits per heavy atom. The third-order valence-electron chi connectivity index (χ3n) is 4.26. The van der Waals surface area contributed by atoms with Crippen LogP contribution in [0.4, 0.5) is 5.69 Å². The van der Waals surface area contributed by atoms with Crippen LogP contribution in [0.5, 0.6) is 17.2 Å². The van der Waals surface area contributed by atoms with E-state index in [0.717, 1.165) is 42.6 Å². The number of hydrogen-bond acceptors (Lipinski definition) is 5. The summed E-state index contributed by atoms with van der Waals surface area (Å²) in [5.74, 6) is 2.40. The lowest BCUT2D eigenvalue weighted by molar-refractivity contribution is 0.120. The van der Waals surface area contributed by atoms with E-state index in [4.69, 9.17) is 18.9 Å². The van der Waals surface area contributed by atoms with Gasteiger partial charge >= 0.3 is 0 Å². The molecule has 1 heterocycles. The van der Waals surface area contributed by atoms with Crippen molar-refractivity contribution in [3.05, 3.63) is 48.5 Å². The van der Waals surface area contributed by atoms with Gasteiger partial charge in [0.1, 0.15) is 17.2 Å². The molecule has 0 amide bonds. The van der Waals surface area contributed by atoms with Gasteiger partial charge in [0.05, 0.1) is 19.3 Å². The zero-order chi connectivity index (χ0) is 18.0. The average Bonchev–Trinajstić information content (AvgIpc) is 3.51. The Bertz CT molecular complexity index is 638. The van der Waals surface area contributed by atoms with E-state index >= 15 is 0 Å². The lowest BCUT2D eigenvalue weighted by atomic mass is 10.1. The van der Waals surface area contributed by atoms with Crippen LogP contribution in [-0.2, 0) is 4.74 Å². The number of epoxide rings is 1. The van der Waals surface area contributed by atoms with Gasteiger partial charge in [0.25, 0.3) is 0 Å². The number of rotatable bonds is 12. The van der Waals surface area contributed by atoms with Crippen LogP contribution in [-0.4, -0.2) is 33.2 Å². The Hall–Kier alpha value is -2.40. The monoisotopic (exact) mass is 357 g/mol. The van der Waals surface area contributed by atoms with Crippen LogP contribution < -0.4 is 19.5 Å². The van der Waals surface area contributed by atoms with E-state index in [1.54, 1.807) is 0 Å². The van der Waals surface area contributed by atoms with Crippen LogP contribution >= 0.6 is 0 Å². The van der Waals surface area contributed by atoms with Gasteiger partial charge in [-0.2, -0.15) is 0 Å². The molecule has 5 heteroatoms. The van der Waals surface area contributed by atoms with E-state index in [1.807, 2.05) is 55.6 Å². The zero-order valence-corrected chi connectivity index (χ0v) is 15.3. The predicted molar refractivity (Wildman–Crippen MR) is 102 cm³/mol. The fourth-order valence-corrected chi connectivity index (χ4v) is 2.59. The van der Waals surface area contributed by atoms with Gasteiger partial charge in [-0.3, -0.25) is 0 Å². The molecule has 1 aliphatic heterocycles. The second-order valence-electron chi connectivity index (χ2n) is 6.31. The third-order valence-corrected chi connectivity index (χ3v) is 4.26. The van der Waals surface area contributed by atoms with Crippen LogP contribution in [0.15, 0.2) is 48.5 Å². The van der Waals surface area contributed by atoms with Gasteiger partial charge in [0.2, 0.25) is 6.79 Å². The molecule has 0 aliphatic carbocycles. The van der Waals surface area contributed by atoms with E-state index in [9.17, 15) is 0 Å². The number of nitrogens with one attached hydrogen (secondary N) is 1. The van der Waals surface area contributed by atoms with Gasteiger partial charge in [0.15, 0.2) is 0 Å². The Morgan fingerprint density at radius 1 is 0.846 bits per heavy atom. The molecule has 0 aromatic heterocycles. The molecule has 1 aliphatic rings. The summed E-state index contributed by atoms with van der Waals surface area (Å²) in [5, 5.41) is 3.07. The minimum atomic E-state index is 0.170. The van der Waals surface area contributed by atoms with Crippen molar-refractivity contribution in [1.82, 2.24) is 0 Å².